The van der Waals surface area contributed by atoms with Gasteiger partial charge in [-0.25, -0.2) is 0 Å². The van der Waals surface area contributed by atoms with Crippen LogP contribution in [0.1, 0.15) is 19.3 Å². The fourth-order valence-electron chi connectivity index (χ4n) is 2.73. The number of nitrogens with two attached hydrogens (primary N) is 1. The SMILES string of the molecule is COc1ccc(OCC2CCCC2CN)c([N+](=O)[O-])c1. The van der Waals surface area contributed by atoms with Crippen molar-refractivity contribution in [2.75, 3.05) is 20.3 Å². The molecule has 2 atom stereocenters. The summed E-state index contributed by atoms with van der Waals surface area (Å²) in [5, 5.41) is 11.1. The summed E-state index contributed by atoms with van der Waals surface area (Å²) in [5.41, 5.74) is 5.67. The van der Waals surface area contributed by atoms with Gasteiger partial charge >= 0.3 is 5.69 Å². The van der Waals surface area contributed by atoms with Crippen LogP contribution in [-0.2, 0) is 0 Å². The molecule has 110 valence electrons. The minimum Gasteiger partial charge on any atom is -0.496 e. The molecule has 0 amide bonds. The molecule has 2 N–H and O–H groups in total. The van der Waals surface area contributed by atoms with Crippen molar-refractivity contribution < 1.29 is 14.4 Å². The van der Waals surface area contributed by atoms with Crippen LogP contribution in [0.5, 0.6) is 11.5 Å². The molecule has 0 aliphatic heterocycles. The normalized spacial score (nSPS) is 21.7. The molecule has 1 saturated carbocycles. The molecule has 0 saturated heterocycles. The van der Waals surface area contributed by atoms with Crippen molar-refractivity contribution >= 4 is 5.69 Å². The van der Waals surface area contributed by atoms with Crippen LogP contribution >= 0.6 is 0 Å². The standard InChI is InChI=1S/C14H20N2O4/c1-19-12-5-6-14(13(7-12)16(17)18)20-9-11-4-2-3-10(11)8-15/h5-7,10-11H,2-4,8-9,15H2,1H3. The van der Waals surface area contributed by atoms with Gasteiger partial charge in [0.05, 0.1) is 24.7 Å². The van der Waals surface area contributed by atoms with Crippen molar-refractivity contribution in [1.29, 1.82) is 0 Å². The van der Waals surface area contributed by atoms with E-state index in [1.807, 2.05) is 0 Å². The third-order valence-electron chi connectivity index (χ3n) is 3.93. The smallest absolute Gasteiger partial charge is 0.314 e. The van der Waals surface area contributed by atoms with E-state index in [-0.39, 0.29) is 5.69 Å². The Hall–Kier alpha value is -1.82. The fourth-order valence-corrected chi connectivity index (χ4v) is 2.73. The molecule has 1 aromatic rings. The lowest BCUT2D eigenvalue weighted by molar-refractivity contribution is -0.386. The van der Waals surface area contributed by atoms with E-state index in [0.29, 0.717) is 36.5 Å². The van der Waals surface area contributed by atoms with Crippen LogP contribution < -0.4 is 15.2 Å². The van der Waals surface area contributed by atoms with Crippen molar-refractivity contribution in [2.45, 2.75) is 19.3 Å². The van der Waals surface area contributed by atoms with E-state index >= 15 is 0 Å². The number of hydrogen-bond acceptors (Lipinski definition) is 5. The first-order valence-electron chi connectivity index (χ1n) is 6.81. The van der Waals surface area contributed by atoms with Gasteiger partial charge in [0, 0.05) is 0 Å². The van der Waals surface area contributed by atoms with Crippen LogP contribution in [-0.4, -0.2) is 25.2 Å². The Balaban J connectivity index is 2.07. The largest absolute Gasteiger partial charge is 0.496 e. The van der Waals surface area contributed by atoms with Gasteiger partial charge in [-0.05, 0) is 43.4 Å². The van der Waals surface area contributed by atoms with E-state index in [9.17, 15) is 10.1 Å². The second-order valence-electron chi connectivity index (χ2n) is 5.09. The number of nitrogens with zero attached hydrogens (tertiary/aromatic N) is 1. The molecular formula is C14H20N2O4. The van der Waals surface area contributed by atoms with Crippen LogP contribution in [0, 0.1) is 22.0 Å². The van der Waals surface area contributed by atoms with Crippen LogP contribution in [0.4, 0.5) is 5.69 Å². The second-order valence-corrected chi connectivity index (χ2v) is 5.09. The summed E-state index contributed by atoms with van der Waals surface area (Å²) in [6.45, 7) is 1.13. The van der Waals surface area contributed by atoms with E-state index in [2.05, 4.69) is 0 Å². The van der Waals surface area contributed by atoms with Crippen molar-refractivity contribution in [1.82, 2.24) is 0 Å². The molecule has 0 bridgehead atoms. The predicted octanol–water partition coefficient (Wildman–Crippen LogP) is 2.36. The Bertz CT molecular complexity index is 478. The zero-order valence-electron chi connectivity index (χ0n) is 11.6. The van der Waals surface area contributed by atoms with Gasteiger partial charge < -0.3 is 15.2 Å². The maximum Gasteiger partial charge on any atom is 0.314 e. The lowest BCUT2D eigenvalue weighted by Crippen LogP contribution is -2.23. The molecule has 2 unspecified atom stereocenters. The molecule has 1 aromatic carbocycles. The Morgan fingerprint density at radius 2 is 2.15 bits per heavy atom. The monoisotopic (exact) mass is 280 g/mol. The molecule has 0 radical (unpaired) electrons. The van der Waals surface area contributed by atoms with Gasteiger partial charge in [-0.1, -0.05) is 6.42 Å². The molecule has 0 spiro atoms. The summed E-state index contributed by atoms with van der Waals surface area (Å²) in [6, 6.07) is 4.63. The average Bonchev–Trinajstić information content (AvgIpc) is 2.92. The first-order valence-corrected chi connectivity index (χ1v) is 6.81. The lowest BCUT2D eigenvalue weighted by atomic mass is 9.97. The Morgan fingerprint density at radius 1 is 1.40 bits per heavy atom. The molecule has 6 nitrogen and oxygen atoms in total. The van der Waals surface area contributed by atoms with E-state index in [1.54, 1.807) is 12.1 Å². The highest BCUT2D eigenvalue weighted by Crippen LogP contribution is 2.34. The first kappa shape index (κ1) is 14.6. The van der Waals surface area contributed by atoms with Gasteiger partial charge in [-0.2, -0.15) is 0 Å². The fraction of sp³-hybridized carbons (Fsp3) is 0.571. The minimum atomic E-state index is -0.451. The predicted molar refractivity (Wildman–Crippen MR) is 75.0 cm³/mol. The van der Waals surface area contributed by atoms with Gasteiger partial charge in [0.15, 0.2) is 5.75 Å². The number of nitro groups is 1. The van der Waals surface area contributed by atoms with Gasteiger partial charge in [-0.15, -0.1) is 0 Å². The Labute approximate surface area is 118 Å². The van der Waals surface area contributed by atoms with Crippen LogP contribution in [0.3, 0.4) is 0 Å². The van der Waals surface area contributed by atoms with Gasteiger partial charge in [0.25, 0.3) is 0 Å². The van der Waals surface area contributed by atoms with Gasteiger partial charge in [-0.3, -0.25) is 10.1 Å². The molecule has 1 fully saturated rings. The molecule has 2 rings (SSSR count). The lowest BCUT2D eigenvalue weighted by Gasteiger charge is -2.18. The summed E-state index contributed by atoms with van der Waals surface area (Å²) in [5.74, 6) is 1.59. The van der Waals surface area contributed by atoms with Crippen molar-refractivity contribution in [2.24, 2.45) is 17.6 Å². The molecular weight excluding hydrogens is 260 g/mol. The van der Waals surface area contributed by atoms with Crippen LogP contribution in [0.15, 0.2) is 18.2 Å². The molecule has 20 heavy (non-hydrogen) atoms. The average molecular weight is 280 g/mol. The molecule has 6 heteroatoms. The van der Waals surface area contributed by atoms with E-state index < -0.39 is 4.92 Å². The van der Waals surface area contributed by atoms with E-state index in [0.717, 1.165) is 19.3 Å². The third-order valence-corrected chi connectivity index (χ3v) is 3.93. The maximum atomic E-state index is 11.1. The maximum absolute atomic E-state index is 11.1. The third kappa shape index (κ3) is 3.19. The highest BCUT2D eigenvalue weighted by molar-refractivity contribution is 5.50. The zero-order chi connectivity index (χ0) is 14.5. The first-order chi connectivity index (χ1) is 9.65. The highest BCUT2D eigenvalue weighted by atomic mass is 16.6. The zero-order valence-corrected chi connectivity index (χ0v) is 11.6. The number of rotatable bonds is 6. The number of ether oxygens (including phenoxy) is 2. The van der Waals surface area contributed by atoms with E-state index in [4.69, 9.17) is 15.2 Å². The van der Waals surface area contributed by atoms with Crippen LogP contribution in [0.25, 0.3) is 0 Å². The molecule has 1 aliphatic rings. The van der Waals surface area contributed by atoms with Crippen molar-refractivity contribution in [3.8, 4) is 11.5 Å². The topological polar surface area (TPSA) is 87.6 Å². The highest BCUT2D eigenvalue weighted by Gasteiger charge is 2.27. The number of nitro benzene ring substituents is 1. The summed E-state index contributed by atoms with van der Waals surface area (Å²) >= 11 is 0. The van der Waals surface area contributed by atoms with Crippen LogP contribution in [0.2, 0.25) is 0 Å². The Kier molecular flexibility index (Phi) is 4.79. The summed E-state index contributed by atoms with van der Waals surface area (Å²) in [7, 11) is 1.48. The quantitative estimate of drug-likeness (QED) is 0.638. The van der Waals surface area contributed by atoms with Gasteiger partial charge in [0.1, 0.15) is 5.75 Å². The molecule has 0 heterocycles. The van der Waals surface area contributed by atoms with E-state index in [1.165, 1.54) is 13.2 Å². The Morgan fingerprint density at radius 3 is 2.80 bits per heavy atom. The summed E-state index contributed by atoms with van der Waals surface area (Å²) in [4.78, 5) is 10.6. The second kappa shape index (κ2) is 6.56. The molecule has 0 aromatic heterocycles. The number of methoxy groups -OCH3 is 1. The number of hydrogen-bond donors (Lipinski definition) is 1. The number of benzene rings is 1. The van der Waals surface area contributed by atoms with Crippen molar-refractivity contribution in [3.63, 3.8) is 0 Å². The van der Waals surface area contributed by atoms with Gasteiger partial charge in [0.2, 0.25) is 0 Å². The molecule has 1 aliphatic carbocycles. The minimum absolute atomic E-state index is 0.0633. The summed E-state index contributed by atoms with van der Waals surface area (Å²) in [6.07, 6.45) is 3.35. The van der Waals surface area contributed by atoms with Crippen molar-refractivity contribution in [3.05, 3.63) is 28.3 Å². The summed E-state index contributed by atoms with van der Waals surface area (Å²) < 4.78 is 10.7.